The van der Waals surface area contributed by atoms with Gasteiger partial charge in [-0.1, -0.05) is 49.1 Å². The van der Waals surface area contributed by atoms with Crippen molar-refractivity contribution in [3.8, 4) is 22.3 Å². The highest BCUT2D eigenvalue weighted by atomic mass is 19.4. The van der Waals surface area contributed by atoms with Gasteiger partial charge >= 0.3 is 6.18 Å². The number of halogens is 6. The van der Waals surface area contributed by atoms with Crippen LogP contribution in [-0.4, -0.2) is 0 Å². The first-order valence-electron chi connectivity index (χ1n) is 7.79. The summed E-state index contributed by atoms with van der Waals surface area (Å²) in [6.07, 6.45) is -3.52. The van der Waals surface area contributed by atoms with E-state index in [9.17, 15) is 26.3 Å². The predicted molar refractivity (Wildman–Crippen MR) is 92.3 cm³/mol. The second kappa shape index (κ2) is 6.95. The third kappa shape index (κ3) is 3.74. The van der Waals surface area contributed by atoms with Crippen molar-refractivity contribution in [2.24, 2.45) is 0 Å². The van der Waals surface area contributed by atoms with Gasteiger partial charge in [0.1, 0.15) is 23.0 Å². The molecule has 0 N–H and O–H groups in total. The van der Waals surface area contributed by atoms with E-state index in [0.717, 1.165) is 11.6 Å². The van der Waals surface area contributed by atoms with Crippen LogP contribution in [0.3, 0.4) is 0 Å². The first-order chi connectivity index (χ1) is 12.7. The van der Waals surface area contributed by atoms with Crippen molar-refractivity contribution in [2.45, 2.75) is 6.18 Å². The zero-order chi connectivity index (χ0) is 19.8. The topological polar surface area (TPSA) is 0 Å². The van der Waals surface area contributed by atoms with E-state index in [-0.39, 0.29) is 11.1 Å². The minimum atomic E-state index is -5.17. The molecule has 0 radical (unpaired) electrons. The van der Waals surface area contributed by atoms with E-state index in [1.807, 2.05) is 0 Å². The first-order valence-corrected chi connectivity index (χ1v) is 7.79. The molecule has 27 heavy (non-hydrogen) atoms. The Morgan fingerprint density at radius 3 is 1.67 bits per heavy atom. The number of hydrogen-bond acceptors (Lipinski definition) is 0. The van der Waals surface area contributed by atoms with Crippen molar-refractivity contribution >= 4 is 6.08 Å². The molecule has 138 valence electrons. The third-order valence-corrected chi connectivity index (χ3v) is 4.09. The summed E-state index contributed by atoms with van der Waals surface area (Å²) in [5.41, 5.74) is -0.412. The molecule has 0 nitrogen and oxygen atoms in total. The highest BCUT2D eigenvalue weighted by Crippen LogP contribution is 2.37. The van der Waals surface area contributed by atoms with Crippen LogP contribution in [0, 0.1) is 17.5 Å². The average molecular weight is 378 g/mol. The van der Waals surface area contributed by atoms with E-state index < -0.39 is 29.2 Å². The molecule has 0 bridgehead atoms. The molecule has 0 aliphatic rings. The molecule has 0 fully saturated rings. The molecule has 0 aliphatic carbocycles. The molecule has 0 heterocycles. The van der Waals surface area contributed by atoms with Crippen molar-refractivity contribution in [2.75, 3.05) is 0 Å². The van der Waals surface area contributed by atoms with Crippen LogP contribution in [0.1, 0.15) is 11.1 Å². The highest BCUT2D eigenvalue weighted by molar-refractivity contribution is 5.72. The van der Waals surface area contributed by atoms with Crippen LogP contribution in [0.5, 0.6) is 0 Å². The van der Waals surface area contributed by atoms with Gasteiger partial charge in [-0.25, -0.2) is 13.2 Å². The molecule has 3 aromatic rings. The summed E-state index contributed by atoms with van der Waals surface area (Å²) in [6, 6.07) is 12.0. The van der Waals surface area contributed by atoms with E-state index in [2.05, 4.69) is 6.58 Å². The van der Waals surface area contributed by atoms with Gasteiger partial charge in [-0.2, -0.15) is 13.2 Å². The number of benzene rings is 3. The van der Waals surface area contributed by atoms with Crippen molar-refractivity contribution in [3.63, 3.8) is 0 Å². The molecule has 0 unspecified atom stereocenters. The molecule has 0 aliphatic heterocycles. The largest absolute Gasteiger partial charge is 0.422 e. The zero-order valence-electron chi connectivity index (χ0n) is 13.7. The summed E-state index contributed by atoms with van der Waals surface area (Å²) in [6.45, 7) is 3.64. The summed E-state index contributed by atoms with van der Waals surface area (Å²) in [5, 5.41) is 0. The predicted octanol–water partition coefficient (Wildman–Crippen LogP) is 7.10. The molecule has 6 heteroatoms. The maximum Gasteiger partial charge on any atom is 0.422 e. The lowest BCUT2D eigenvalue weighted by atomic mass is 9.98. The molecular weight excluding hydrogens is 366 g/mol. The van der Waals surface area contributed by atoms with Gasteiger partial charge in [-0.05, 0) is 40.5 Å². The normalized spacial score (nSPS) is 11.5. The number of rotatable bonds is 3. The fourth-order valence-electron chi connectivity index (χ4n) is 2.74. The third-order valence-electron chi connectivity index (χ3n) is 4.09. The van der Waals surface area contributed by atoms with Crippen LogP contribution in [0.15, 0.2) is 61.2 Å². The molecular formula is C21H12F6. The summed E-state index contributed by atoms with van der Waals surface area (Å²) in [5.74, 6) is -4.39. The Balaban J connectivity index is 2.02. The molecule has 0 amide bonds. The Hall–Kier alpha value is -3.02. The van der Waals surface area contributed by atoms with Gasteiger partial charge in [0.15, 0.2) is 0 Å². The minimum absolute atomic E-state index is 0.201. The fourth-order valence-corrected chi connectivity index (χ4v) is 2.74. The lowest BCUT2D eigenvalue weighted by Gasteiger charge is -2.12. The van der Waals surface area contributed by atoms with Crippen molar-refractivity contribution in [1.82, 2.24) is 0 Å². The minimum Gasteiger partial charge on any atom is -0.206 e. The maximum atomic E-state index is 14.5. The van der Waals surface area contributed by atoms with Gasteiger partial charge in [-0.3, -0.25) is 0 Å². The van der Waals surface area contributed by atoms with Crippen molar-refractivity contribution in [1.29, 1.82) is 0 Å². The molecule has 0 saturated heterocycles. The SMILES string of the molecule is C=Cc1ccc(-c2ccc(-c3cc(F)c(C(F)(F)F)c(F)c3)c(F)c2)cc1. The van der Waals surface area contributed by atoms with Crippen LogP contribution >= 0.6 is 0 Å². The molecule has 0 spiro atoms. The summed E-state index contributed by atoms with van der Waals surface area (Å²) >= 11 is 0. The Bertz CT molecular complexity index is 977. The standard InChI is InChI=1S/C21H12F6/c1-2-12-3-5-13(6-4-12)14-7-8-16(17(22)9-14)15-10-18(23)20(19(24)11-15)21(25,26)27/h2-11H,1H2. The van der Waals surface area contributed by atoms with Crippen LogP contribution < -0.4 is 0 Å². The van der Waals surface area contributed by atoms with Gasteiger partial charge in [0.2, 0.25) is 0 Å². The average Bonchev–Trinajstić information content (AvgIpc) is 2.59. The number of hydrogen-bond donors (Lipinski definition) is 0. The van der Waals surface area contributed by atoms with Crippen molar-refractivity contribution < 1.29 is 26.3 Å². The van der Waals surface area contributed by atoms with E-state index in [0.29, 0.717) is 23.3 Å². The lowest BCUT2D eigenvalue weighted by molar-refractivity contribution is -0.142. The molecule has 3 rings (SSSR count). The quantitative estimate of drug-likeness (QED) is 0.427. The molecule has 3 aromatic carbocycles. The van der Waals surface area contributed by atoms with Gasteiger partial charge in [-0.15, -0.1) is 0 Å². The second-order valence-electron chi connectivity index (χ2n) is 5.83. The van der Waals surface area contributed by atoms with Crippen LogP contribution in [0.4, 0.5) is 26.3 Å². The second-order valence-corrected chi connectivity index (χ2v) is 5.83. The van der Waals surface area contributed by atoms with Gasteiger partial charge in [0.05, 0.1) is 0 Å². The Labute approximate surface area is 151 Å². The lowest BCUT2D eigenvalue weighted by Crippen LogP contribution is -2.11. The van der Waals surface area contributed by atoms with Crippen LogP contribution in [0.2, 0.25) is 0 Å². The summed E-state index contributed by atoms with van der Waals surface area (Å²) in [7, 11) is 0. The molecule has 0 aromatic heterocycles. The number of alkyl halides is 3. The fraction of sp³-hybridized carbons (Fsp3) is 0.0476. The Morgan fingerprint density at radius 1 is 0.667 bits per heavy atom. The van der Waals surface area contributed by atoms with E-state index in [4.69, 9.17) is 0 Å². The Kier molecular flexibility index (Phi) is 4.83. The van der Waals surface area contributed by atoms with E-state index in [1.54, 1.807) is 30.3 Å². The highest BCUT2D eigenvalue weighted by Gasteiger charge is 2.38. The summed E-state index contributed by atoms with van der Waals surface area (Å²) < 4.78 is 80.0. The van der Waals surface area contributed by atoms with E-state index in [1.165, 1.54) is 12.1 Å². The van der Waals surface area contributed by atoms with Crippen molar-refractivity contribution in [3.05, 3.63) is 89.8 Å². The zero-order valence-corrected chi connectivity index (χ0v) is 13.7. The van der Waals surface area contributed by atoms with Gasteiger partial charge in [0, 0.05) is 5.56 Å². The van der Waals surface area contributed by atoms with Gasteiger partial charge < -0.3 is 0 Å². The van der Waals surface area contributed by atoms with Crippen LogP contribution in [0.25, 0.3) is 28.3 Å². The summed E-state index contributed by atoms with van der Waals surface area (Å²) in [4.78, 5) is 0. The molecule has 0 saturated carbocycles. The van der Waals surface area contributed by atoms with Gasteiger partial charge in [0.25, 0.3) is 0 Å². The first kappa shape index (κ1) is 18.8. The smallest absolute Gasteiger partial charge is 0.206 e. The Morgan fingerprint density at radius 2 is 1.19 bits per heavy atom. The monoisotopic (exact) mass is 378 g/mol. The maximum absolute atomic E-state index is 14.5. The van der Waals surface area contributed by atoms with E-state index >= 15 is 0 Å². The molecule has 0 atom stereocenters. The van der Waals surface area contributed by atoms with Crippen LogP contribution in [-0.2, 0) is 6.18 Å².